The number of likely N-dealkylation sites (N-methyl/N-ethyl adjacent to an activating group) is 1. The molecular weight excluding hydrogens is 815 g/mol. The molecule has 4 aromatic rings. The number of hydrazine groups is 1. The first-order valence-corrected chi connectivity index (χ1v) is 22.2. The number of cyclic esters (lactones) is 1. The number of amides is 4. The Labute approximate surface area is 366 Å². The number of urea groups is 1. The summed E-state index contributed by atoms with van der Waals surface area (Å²) in [6, 6.07) is 5.48. The second-order valence-corrected chi connectivity index (χ2v) is 18.6. The highest BCUT2D eigenvalue weighted by molar-refractivity contribution is 7.10. The third kappa shape index (κ3) is 8.80. The molecule has 6 bridgehead atoms. The minimum absolute atomic E-state index is 0.00598. The van der Waals surface area contributed by atoms with Gasteiger partial charge in [-0.15, -0.1) is 11.3 Å². The number of aryl methyl sites for hydroxylation is 1. The lowest BCUT2D eigenvalue weighted by Gasteiger charge is -2.42. The fraction of sp³-hybridized carbons (Fsp3) is 0.568. The van der Waals surface area contributed by atoms with E-state index in [2.05, 4.69) is 22.2 Å². The zero-order chi connectivity index (χ0) is 44.7. The van der Waals surface area contributed by atoms with Crippen LogP contribution in [0.25, 0.3) is 33.7 Å². The van der Waals surface area contributed by atoms with Gasteiger partial charge in [0.25, 0.3) is 5.91 Å². The zero-order valence-corrected chi connectivity index (χ0v) is 37.9. The van der Waals surface area contributed by atoms with E-state index in [4.69, 9.17) is 29.2 Å². The van der Waals surface area contributed by atoms with Gasteiger partial charge in [-0.05, 0) is 56.9 Å². The van der Waals surface area contributed by atoms with Crippen LogP contribution in [0, 0.1) is 11.3 Å². The number of thiazole rings is 1. The first kappa shape index (κ1) is 45.0. The second-order valence-electron chi connectivity index (χ2n) is 17.7. The van der Waals surface area contributed by atoms with Gasteiger partial charge in [0, 0.05) is 75.3 Å². The number of aromatic nitrogens is 4. The predicted octanol–water partition coefficient (Wildman–Crippen LogP) is 4.32. The number of nitrogens with zero attached hydrogens (tertiary/aromatic N) is 7. The number of nitrogens with one attached hydrogen (secondary N) is 2. The minimum Gasteiger partial charge on any atom is -0.462 e. The van der Waals surface area contributed by atoms with Gasteiger partial charge in [0.15, 0.2) is 0 Å². The summed E-state index contributed by atoms with van der Waals surface area (Å²) >= 11 is 1.33. The minimum atomic E-state index is -2.22. The van der Waals surface area contributed by atoms with Gasteiger partial charge in [0.05, 0.1) is 70.7 Å². The van der Waals surface area contributed by atoms with Crippen molar-refractivity contribution in [1.82, 2.24) is 45.1 Å². The van der Waals surface area contributed by atoms with Crippen LogP contribution < -0.4 is 10.7 Å². The first-order valence-electron chi connectivity index (χ1n) is 21.3. The van der Waals surface area contributed by atoms with E-state index in [-0.39, 0.29) is 56.6 Å². The van der Waals surface area contributed by atoms with E-state index in [1.165, 1.54) is 21.2 Å². The maximum absolute atomic E-state index is 14.5. The van der Waals surface area contributed by atoms with Crippen molar-refractivity contribution in [3.63, 3.8) is 0 Å². The molecule has 3 aliphatic rings. The summed E-state index contributed by atoms with van der Waals surface area (Å²) in [6.07, 6.45) is 2.09. The predicted molar refractivity (Wildman–Crippen MR) is 232 cm³/mol. The Morgan fingerprint density at radius 2 is 1.89 bits per heavy atom. The van der Waals surface area contributed by atoms with Crippen molar-refractivity contribution in [3.8, 4) is 22.6 Å². The quantitative estimate of drug-likeness (QED) is 0.202. The summed E-state index contributed by atoms with van der Waals surface area (Å²) in [5, 5.41) is 18.3. The molecule has 0 aromatic carbocycles. The molecule has 4 amide bonds. The molecule has 3 aliphatic heterocycles. The molecule has 2 saturated heterocycles. The Kier molecular flexibility index (Phi) is 13.1. The van der Waals surface area contributed by atoms with Gasteiger partial charge in [0.2, 0.25) is 11.6 Å². The summed E-state index contributed by atoms with van der Waals surface area (Å²) in [6.45, 7) is 13.2. The molecule has 334 valence electrons. The molecule has 7 rings (SSSR count). The number of aliphatic hydroxyl groups is 1. The molecule has 0 aliphatic carbocycles. The van der Waals surface area contributed by atoms with Crippen LogP contribution in [0.3, 0.4) is 0 Å². The number of likely N-dealkylation sites (tertiary alicyclic amines) is 1. The average molecular weight is 874 g/mol. The van der Waals surface area contributed by atoms with Crippen molar-refractivity contribution in [2.75, 3.05) is 47.5 Å². The summed E-state index contributed by atoms with van der Waals surface area (Å²) in [5.41, 5.74) is 6.31. The number of rotatable bonds is 9. The van der Waals surface area contributed by atoms with E-state index in [0.29, 0.717) is 42.5 Å². The third-order valence-electron chi connectivity index (χ3n) is 12.1. The standard InChI is InChI=1S/C44H59N9O8S/c1-10-52-33-15-14-30-32-23-62-34(46-32)19-31(48-39(54)37(25(2)3)50(7)42(57)51-21-27(22-51)60-9)40(55)53-18-12-16-44(58,49-53)41(56)61-24-43(5,6)20-29(36(33)47-30)38(52)28-13-11-17-45-35(28)26(4)59-8/h11,13-15,17,23,25-27,31,37,49,58H,10,12,16,18-22,24H2,1-9H3,(H,48,54)/t26-,31-,37-,44-/m0/s1. The number of carbonyl (C=O) groups is 4. The number of fused-ring (bicyclic) bond motifs is 6. The number of esters is 1. The summed E-state index contributed by atoms with van der Waals surface area (Å²) < 4.78 is 19.3. The second kappa shape index (κ2) is 18.0. The summed E-state index contributed by atoms with van der Waals surface area (Å²) in [4.78, 5) is 74.1. The monoisotopic (exact) mass is 873 g/mol. The smallest absolute Gasteiger partial charge is 0.355 e. The molecule has 0 spiro atoms. The van der Waals surface area contributed by atoms with Crippen LogP contribution in [0.1, 0.15) is 76.8 Å². The van der Waals surface area contributed by atoms with E-state index in [1.807, 2.05) is 64.3 Å². The summed E-state index contributed by atoms with van der Waals surface area (Å²) in [5.74, 6) is -2.35. The number of hydrogen-bond acceptors (Lipinski definition) is 13. The Morgan fingerprint density at radius 1 is 1.13 bits per heavy atom. The molecule has 2 fully saturated rings. The Balaban J connectivity index is 1.30. The van der Waals surface area contributed by atoms with Crippen molar-refractivity contribution in [1.29, 1.82) is 0 Å². The summed E-state index contributed by atoms with van der Waals surface area (Å²) in [7, 11) is 4.83. The van der Waals surface area contributed by atoms with Crippen molar-refractivity contribution >= 4 is 46.2 Å². The zero-order valence-electron chi connectivity index (χ0n) is 37.1. The maximum Gasteiger partial charge on any atom is 0.355 e. The molecule has 62 heavy (non-hydrogen) atoms. The largest absolute Gasteiger partial charge is 0.462 e. The molecule has 4 atom stereocenters. The highest BCUT2D eigenvalue weighted by Crippen LogP contribution is 2.41. The molecule has 0 radical (unpaired) electrons. The van der Waals surface area contributed by atoms with E-state index in [0.717, 1.165) is 33.5 Å². The van der Waals surface area contributed by atoms with Gasteiger partial charge in [-0.25, -0.2) is 19.6 Å². The van der Waals surface area contributed by atoms with Gasteiger partial charge in [-0.1, -0.05) is 27.7 Å². The van der Waals surface area contributed by atoms with E-state index in [1.54, 1.807) is 32.4 Å². The SMILES string of the molecule is CCn1c(-c2cccnc2[C@H](C)OC)c2c3nc(ccc31)-c1csc(n1)C[C@H](NC(=O)[C@H](C(C)C)N(C)C(=O)N1CC(OC)C1)C(=O)N1CCC[C@@](O)(N1)C(=O)OCC(C)(C)C2. The van der Waals surface area contributed by atoms with Crippen LogP contribution in [0.4, 0.5) is 4.79 Å². The van der Waals surface area contributed by atoms with Gasteiger partial charge in [0.1, 0.15) is 12.1 Å². The van der Waals surface area contributed by atoms with Crippen LogP contribution in [-0.2, 0) is 48.0 Å². The fourth-order valence-electron chi connectivity index (χ4n) is 8.69. The fourth-order valence-corrected chi connectivity index (χ4v) is 9.53. The van der Waals surface area contributed by atoms with Crippen LogP contribution in [0.5, 0.6) is 0 Å². The molecule has 18 heteroatoms. The van der Waals surface area contributed by atoms with Crippen LogP contribution >= 0.6 is 11.3 Å². The van der Waals surface area contributed by atoms with Gasteiger partial charge in [-0.3, -0.25) is 19.6 Å². The van der Waals surface area contributed by atoms with E-state index < -0.39 is 41.0 Å². The number of carbonyl (C=O) groups excluding carboxylic acids is 4. The molecule has 0 unspecified atom stereocenters. The van der Waals surface area contributed by atoms with Crippen molar-refractivity contribution in [2.24, 2.45) is 11.3 Å². The highest BCUT2D eigenvalue weighted by atomic mass is 32.1. The normalized spacial score (nSPS) is 21.9. The van der Waals surface area contributed by atoms with Crippen LogP contribution in [-0.4, -0.2) is 135 Å². The molecule has 7 heterocycles. The molecule has 4 aromatic heterocycles. The van der Waals surface area contributed by atoms with Crippen LogP contribution in [0.2, 0.25) is 0 Å². The lowest BCUT2D eigenvalue weighted by atomic mass is 9.85. The van der Waals surface area contributed by atoms with Gasteiger partial charge < -0.3 is 39.0 Å². The number of methoxy groups -OCH3 is 2. The van der Waals surface area contributed by atoms with E-state index in [9.17, 15) is 24.3 Å². The topological polar surface area (TPSA) is 194 Å². The number of hydrogen-bond donors (Lipinski definition) is 3. The average Bonchev–Trinajstić information content (AvgIpc) is 3.82. The van der Waals surface area contributed by atoms with Crippen molar-refractivity contribution < 1.29 is 38.5 Å². The number of ether oxygens (including phenoxy) is 3. The first-order chi connectivity index (χ1) is 29.5. The van der Waals surface area contributed by atoms with Gasteiger partial charge >= 0.3 is 12.0 Å². The Bertz CT molecular complexity index is 2320. The molecule has 0 saturated carbocycles. The number of pyridine rings is 2. The van der Waals surface area contributed by atoms with Crippen molar-refractivity contribution in [3.05, 3.63) is 52.1 Å². The van der Waals surface area contributed by atoms with Crippen LogP contribution in [0.15, 0.2) is 35.8 Å². The molecule has 17 nitrogen and oxygen atoms in total. The third-order valence-corrected chi connectivity index (χ3v) is 13.0. The van der Waals surface area contributed by atoms with Gasteiger partial charge in [-0.2, -0.15) is 5.43 Å². The van der Waals surface area contributed by atoms with E-state index >= 15 is 0 Å². The lowest BCUT2D eigenvalue weighted by Crippen LogP contribution is -2.67. The molecule has 3 N–H and O–H groups in total. The Morgan fingerprint density at radius 3 is 2.58 bits per heavy atom. The maximum atomic E-state index is 14.5. The van der Waals surface area contributed by atoms with Crippen molar-refractivity contribution in [2.45, 2.75) is 104 Å². The lowest BCUT2D eigenvalue weighted by molar-refractivity contribution is -0.189. The highest BCUT2D eigenvalue weighted by Gasteiger charge is 2.46. The Hall–Kier alpha value is -5.01. The molecular formula is C44H59N9O8S.